The predicted molar refractivity (Wildman–Crippen MR) is 103 cm³/mol. The minimum atomic E-state index is -3.72. The molecular weight excluding hydrogens is 383 g/mol. The van der Waals surface area contributed by atoms with Crippen molar-refractivity contribution in [1.82, 2.24) is 19.4 Å². The highest BCUT2D eigenvalue weighted by Crippen LogP contribution is 2.24. The molecule has 1 aliphatic rings. The monoisotopic (exact) mass is 408 g/mol. The second-order valence-electron chi connectivity index (χ2n) is 7.12. The Kier molecular flexibility index (Phi) is 5.85. The van der Waals surface area contributed by atoms with Crippen LogP contribution >= 0.6 is 0 Å². The van der Waals surface area contributed by atoms with E-state index < -0.39 is 15.8 Å². The summed E-state index contributed by atoms with van der Waals surface area (Å²) in [7, 11) is -1.83. The van der Waals surface area contributed by atoms with Crippen LogP contribution in [0.2, 0.25) is 0 Å². The van der Waals surface area contributed by atoms with E-state index in [9.17, 15) is 17.6 Å². The predicted octanol–water partition coefficient (Wildman–Crippen LogP) is 1.55. The summed E-state index contributed by atoms with van der Waals surface area (Å²) in [6.07, 6.45) is 1.15. The van der Waals surface area contributed by atoms with E-state index >= 15 is 0 Å². The zero-order chi connectivity index (χ0) is 20.5. The molecule has 0 radical (unpaired) electrons. The van der Waals surface area contributed by atoms with Gasteiger partial charge in [-0.25, -0.2) is 12.8 Å². The van der Waals surface area contributed by atoms with Crippen molar-refractivity contribution in [2.45, 2.75) is 31.6 Å². The van der Waals surface area contributed by atoms with Crippen molar-refractivity contribution in [2.75, 3.05) is 19.6 Å². The number of amides is 1. The quantitative estimate of drug-likeness (QED) is 0.786. The molecule has 1 saturated heterocycles. The fourth-order valence-electron chi connectivity index (χ4n) is 3.55. The van der Waals surface area contributed by atoms with E-state index in [0.717, 1.165) is 29.1 Å². The summed E-state index contributed by atoms with van der Waals surface area (Å²) in [6, 6.07) is 4.73. The Morgan fingerprint density at radius 3 is 2.57 bits per heavy atom. The molecule has 1 fully saturated rings. The molecule has 0 bridgehead atoms. The summed E-state index contributed by atoms with van der Waals surface area (Å²) in [6.45, 7) is 4.83. The van der Waals surface area contributed by atoms with Crippen LogP contribution in [0.4, 0.5) is 4.39 Å². The van der Waals surface area contributed by atoms with E-state index in [4.69, 9.17) is 0 Å². The third-order valence-electron chi connectivity index (χ3n) is 5.31. The molecule has 1 unspecified atom stereocenters. The van der Waals surface area contributed by atoms with Crippen molar-refractivity contribution in [1.29, 1.82) is 0 Å². The largest absolute Gasteiger partial charge is 0.355 e. The molecule has 1 amide bonds. The van der Waals surface area contributed by atoms with Gasteiger partial charge in [0.15, 0.2) is 0 Å². The van der Waals surface area contributed by atoms with Gasteiger partial charge < -0.3 is 5.32 Å². The summed E-state index contributed by atoms with van der Waals surface area (Å²) in [5.41, 5.74) is 3.14. The Morgan fingerprint density at radius 1 is 1.29 bits per heavy atom. The van der Waals surface area contributed by atoms with Gasteiger partial charge in [-0.15, -0.1) is 0 Å². The zero-order valence-electron chi connectivity index (χ0n) is 16.3. The molecule has 28 heavy (non-hydrogen) atoms. The highest BCUT2D eigenvalue weighted by molar-refractivity contribution is 7.89. The van der Waals surface area contributed by atoms with Gasteiger partial charge in [0, 0.05) is 32.4 Å². The number of hydrogen-bond donors (Lipinski definition) is 1. The van der Waals surface area contributed by atoms with Crippen LogP contribution in [-0.2, 0) is 28.3 Å². The number of halogens is 1. The van der Waals surface area contributed by atoms with Gasteiger partial charge in [0.05, 0.1) is 16.5 Å². The number of carbonyl (C=O) groups is 1. The first-order chi connectivity index (χ1) is 13.2. The summed E-state index contributed by atoms with van der Waals surface area (Å²) >= 11 is 0. The van der Waals surface area contributed by atoms with E-state index in [1.807, 2.05) is 25.6 Å². The van der Waals surface area contributed by atoms with Crippen LogP contribution < -0.4 is 5.32 Å². The molecule has 1 aromatic carbocycles. The molecule has 0 aliphatic carbocycles. The van der Waals surface area contributed by atoms with Crippen LogP contribution in [0.3, 0.4) is 0 Å². The molecule has 0 spiro atoms. The number of sulfonamides is 1. The number of aromatic nitrogens is 2. The number of nitrogens with zero attached hydrogens (tertiary/aromatic N) is 3. The number of carbonyl (C=O) groups excluding carboxylic acids is 1. The van der Waals surface area contributed by atoms with Crippen molar-refractivity contribution in [3.05, 3.63) is 47.0 Å². The summed E-state index contributed by atoms with van der Waals surface area (Å²) < 4.78 is 41.5. The van der Waals surface area contributed by atoms with Gasteiger partial charge in [-0.1, -0.05) is 0 Å². The highest BCUT2D eigenvalue weighted by Gasteiger charge is 2.35. The lowest BCUT2D eigenvalue weighted by atomic mass is 10.1. The number of benzene rings is 1. The first-order valence-corrected chi connectivity index (χ1v) is 10.7. The lowest BCUT2D eigenvalue weighted by Crippen LogP contribution is -2.35. The van der Waals surface area contributed by atoms with Gasteiger partial charge in [-0.05, 0) is 56.5 Å². The van der Waals surface area contributed by atoms with Gasteiger partial charge in [0.2, 0.25) is 15.9 Å². The maximum Gasteiger partial charge on any atom is 0.243 e. The molecule has 2 aromatic rings. The maximum atomic E-state index is 13.0. The average molecular weight is 408 g/mol. The van der Waals surface area contributed by atoms with E-state index in [0.29, 0.717) is 19.4 Å². The van der Waals surface area contributed by atoms with Gasteiger partial charge in [0.1, 0.15) is 5.82 Å². The van der Waals surface area contributed by atoms with Gasteiger partial charge in [-0.2, -0.15) is 9.40 Å². The van der Waals surface area contributed by atoms with Crippen LogP contribution in [-0.4, -0.2) is 48.0 Å². The lowest BCUT2D eigenvalue weighted by Gasteiger charge is -2.16. The molecule has 1 atom stereocenters. The normalized spacial score (nSPS) is 17.8. The van der Waals surface area contributed by atoms with Crippen molar-refractivity contribution in [3.8, 4) is 0 Å². The standard InChI is InChI=1S/C19H25FN4O3S/c1-13-18(14(2)23(3)22-13)8-10-21-19(25)15-9-11-24(12-15)28(26,27)17-6-4-16(20)5-7-17/h4-7,15H,8-12H2,1-3H3,(H,21,25). The average Bonchev–Trinajstić information content (AvgIpc) is 3.23. The van der Waals surface area contributed by atoms with Crippen LogP contribution in [0.1, 0.15) is 23.4 Å². The SMILES string of the molecule is Cc1nn(C)c(C)c1CCNC(=O)C1CCN(S(=O)(=O)c2ccc(F)cc2)C1. The Balaban J connectivity index is 1.56. The zero-order valence-corrected chi connectivity index (χ0v) is 17.1. The Hall–Kier alpha value is -2.26. The molecule has 152 valence electrons. The van der Waals surface area contributed by atoms with Gasteiger partial charge in [-0.3, -0.25) is 9.48 Å². The first-order valence-electron chi connectivity index (χ1n) is 9.22. The van der Waals surface area contributed by atoms with Crippen molar-refractivity contribution in [2.24, 2.45) is 13.0 Å². The minimum absolute atomic E-state index is 0.0393. The number of hydrogen-bond acceptors (Lipinski definition) is 4. The fourth-order valence-corrected chi connectivity index (χ4v) is 5.05. The van der Waals surface area contributed by atoms with Crippen molar-refractivity contribution >= 4 is 15.9 Å². The van der Waals surface area contributed by atoms with E-state index in [2.05, 4.69) is 10.4 Å². The Labute approximate surface area is 164 Å². The second-order valence-corrected chi connectivity index (χ2v) is 9.05. The van der Waals surface area contributed by atoms with E-state index in [1.165, 1.54) is 16.4 Å². The maximum absolute atomic E-state index is 13.0. The number of aryl methyl sites for hydroxylation is 2. The Bertz CT molecular complexity index is 970. The van der Waals surface area contributed by atoms with Crippen LogP contribution in [0.15, 0.2) is 29.2 Å². The van der Waals surface area contributed by atoms with Crippen molar-refractivity contribution in [3.63, 3.8) is 0 Å². The fraction of sp³-hybridized carbons (Fsp3) is 0.474. The first kappa shape index (κ1) is 20.5. The molecule has 3 rings (SSSR count). The van der Waals surface area contributed by atoms with Gasteiger partial charge in [0.25, 0.3) is 0 Å². The lowest BCUT2D eigenvalue weighted by molar-refractivity contribution is -0.124. The number of nitrogens with one attached hydrogen (secondary N) is 1. The third-order valence-corrected chi connectivity index (χ3v) is 7.19. The smallest absolute Gasteiger partial charge is 0.243 e. The molecule has 9 heteroatoms. The molecule has 0 saturated carbocycles. The molecule has 2 heterocycles. The van der Waals surface area contributed by atoms with Crippen LogP contribution in [0, 0.1) is 25.6 Å². The van der Waals surface area contributed by atoms with E-state index in [-0.39, 0.29) is 29.8 Å². The molecule has 1 aliphatic heterocycles. The second kappa shape index (κ2) is 8.00. The molecular formula is C19H25FN4O3S. The topological polar surface area (TPSA) is 84.3 Å². The highest BCUT2D eigenvalue weighted by atomic mass is 32.2. The van der Waals surface area contributed by atoms with Crippen LogP contribution in [0.25, 0.3) is 0 Å². The Morgan fingerprint density at radius 2 is 1.96 bits per heavy atom. The minimum Gasteiger partial charge on any atom is -0.355 e. The van der Waals surface area contributed by atoms with E-state index in [1.54, 1.807) is 0 Å². The molecule has 1 N–H and O–H groups in total. The summed E-state index contributed by atoms with van der Waals surface area (Å²) in [5, 5.41) is 7.27. The van der Waals surface area contributed by atoms with Gasteiger partial charge >= 0.3 is 0 Å². The molecule has 1 aromatic heterocycles. The van der Waals surface area contributed by atoms with Crippen LogP contribution in [0.5, 0.6) is 0 Å². The van der Waals surface area contributed by atoms with Crippen molar-refractivity contribution < 1.29 is 17.6 Å². The summed E-state index contributed by atoms with van der Waals surface area (Å²) in [5.74, 6) is -1.01. The number of rotatable bonds is 6. The summed E-state index contributed by atoms with van der Waals surface area (Å²) in [4.78, 5) is 12.5. The third kappa shape index (κ3) is 4.10. The molecule has 7 nitrogen and oxygen atoms in total.